The molecule has 0 aromatic heterocycles. The molecule has 0 heterocycles. The number of allylic oxidation sites excluding steroid dienone is 5. The van der Waals surface area contributed by atoms with Crippen LogP contribution in [0.4, 0.5) is 14.9 Å². The summed E-state index contributed by atoms with van der Waals surface area (Å²) in [6.07, 6.45) is 13.8. The first kappa shape index (κ1) is 17.8. The number of amides is 1. The molecule has 1 unspecified atom stereocenters. The van der Waals surface area contributed by atoms with Gasteiger partial charge in [0, 0.05) is 17.0 Å². The van der Waals surface area contributed by atoms with Crippen LogP contribution in [0.2, 0.25) is 5.02 Å². The lowest BCUT2D eigenvalue weighted by Crippen LogP contribution is -2.18. The Kier molecular flexibility index (Phi) is 5.48. The quantitative estimate of drug-likeness (QED) is 0.753. The zero-order valence-corrected chi connectivity index (χ0v) is 14.1. The first-order valence-corrected chi connectivity index (χ1v) is 7.68. The zero-order chi connectivity index (χ0) is 17.7. The van der Waals surface area contributed by atoms with E-state index in [-0.39, 0.29) is 22.0 Å². The lowest BCUT2D eigenvalue weighted by Gasteiger charge is -2.23. The standard InChI is InChI=1S/C19H17ClFNO2/c1-4-19(2,3)13-6-5-7-15(10-8-13)24-18(23)22-14-9-11-16(20)17(21)12-14/h1,5-13H,2-3H3,(H,22,23). The minimum absolute atomic E-state index is 0.0179. The van der Waals surface area contributed by atoms with Gasteiger partial charge >= 0.3 is 6.09 Å². The minimum Gasteiger partial charge on any atom is -0.410 e. The van der Waals surface area contributed by atoms with Gasteiger partial charge in [0.1, 0.15) is 11.6 Å². The van der Waals surface area contributed by atoms with Crippen molar-refractivity contribution in [3.8, 4) is 12.3 Å². The summed E-state index contributed by atoms with van der Waals surface area (Å²) in [6.45, 7) is 3.92. The van der Waals surface area contributed by atoms with Crippen LogP contribution in [0, 0.1) is 29.5 Å². The van der Waals surface area contributed by atoms with Crippen molar-refractivity contribution in [3.63, 3.8) is 0 Å². The number of carbonyl (C=O) groups excluding carboxylic acids is 1. The Bertz CT molecular complexity index is 772. The van der Waals surface area contributed by atoms with Crippen molar-refractivity contribution in [1.82, 2.24) is 0 Å². The van der Waals surface area contributed by atoms with Crippen LogP contribution in [0.1, 0.15) is 13.8 Å². The van der Waals surface area contributed by atoms with Crippen molar-refractivity contribution < 1.29 is 13.9 Å². The summed E-state index contributed by atoms with van der Waals surface area (Å²) < 4.78 is 18.6. The third-order valence-electron chi connectivity index (χ3n) is 3.63. The zero-order valence-electron chi connectivity index (χ0n) is 13.3. The number of carbonyl (C=O) groups is 1. The highest BCUT2D eigenvalue weighted by Crippen LogP contribution is 2.30. The van der Waals surface area contributed by atoms with Gasteiger partial charge < -0.3 is 4.74 Å². The van der Waals surface area contributed by atoms with Gasteiger partial charge in [-0.25, -0.2) is 9.18 Å². The largest absolute Gasteiger partial charge is 0.417 e. The second-order valence-corrected chi connectivity index (χ2v) is 6.26. The van der Waals surface area contributed by atoms with Crippen LogP contribution in [-0.2, 0) is 4.74 Å². The topological polar surface area (TPSA) is 38.3 Å². The van der Waals surface area contributed by atoms with Crippen LogP contribution in [0.5, 0.6) is 0 Å². The predicted molar refractivity (Wildman–Crippen MR) is 94.0 cm³/mol. The van der Waals surface area contributed by atoms with Gasteiger partial charge in [-0.05, 0) is 44.2 Å². The summed E-state index contributed by atoms with van der Waals surface area (Å²) in [4.78, 5) is 11.9. The Morgan fingerprint density at radius 3 is 2.83 bits per heavy atom. The highest BCUT2D eigenvalue weighted by atomic mass is 35.5. The first-order chi connectivity index (χ1) is 11.3. The highest BCUT2D eigenvalue weighted by Gasteiger charge is 2.23. The van der Waals surface area contributed by atoms with Crippen LogP contribution in [0.3, 0.4) is 0 Å². The molecule has 1 N–H and O–H groups in total. The molecule has 0 fully saturated rings. The molecule has 2 rings (SSSR count). The van der Waals surface area contributed by atoms with Crippen LogP contribution >= 0.6 is 11.6 Å². The average molecular weight is 346 g/mol. The van der Waals surface area contributed by atoms with Gasteiger partial charge in [-0.1, -0.05) is 35.7 Å². The fourth-order valence-electron chi connectivity index (χ4n) is 2.06. The van der Waals surface area contributed by atoms with E-state index in [1.165, 1.54) is 12.1 Å². The van der Waals surface area contributed by atoms with E-state index < -0.39 is 11.9 Å². The molecule has 0 aliphatic heterocycles. The Labute approximate surface area is 145 Å². The molecule has 1 aromatic carbocycles. The van der Waals surface area contributed by atoms with E-state index in [1.807, 2.05) is 26.0 Å². The van der Waals surface area contributed by atoms with Gasteiger partial charge in [-0.2, -0.15) is 0 Å². The molecule has 3 nitrogen and oxygen atoms in total. The Hall–Kier alpha value is -2.51. The predicted octanol–water partition coefficient (Wildman–Crippen LogP) is 5.31. The number of rotatable bonds is 3. The molecular weight excluding hydrogens is 329 g/mol. The Morgan fingerprint density at radius 1 is 1.42 bits per heavy atom. The lowest BCUT2D eigenvalue weighted by molar-refractivity contribution is 0.194. The summed E-state index contributed by atoms with van der Waals surface area (Å²) in [7, 11) is 0. The van der Waals surface area contributed by atoms with Crippen molar-refractivity contribution in [2.75, 3.05) is 5.32 Å². The Balaban J connectivity index is 2.01. The molecule has 1 aliphatic carbocycles. The van der Waals surface area contributed by atoms with Gasteiger partial charge in [0.15, 0.2) is 0 Å². The van der Waals surface area contributed by atoms with Crippen molar-refractivity contribution >= 4 is 23.4 Å². The molecule has 0 radical (unpaired) electrons. The summed E-state index contributed by atoms with van der Waals surface area (Å²) in [6, 6.07) is 3.95. The molecule has 1 aromatic rings. The molecule has 1 amide bonds. The van der Waals surface area contributed by atoms with E-state index in [1.54, 1.807) is 18.2 Å². The molecule has 24 heavy (non-hydrogen) atoms. The van der Waals surface area contributed by atoms with Gasteiger partial charge in [-0.3, -0.25) is 5.32 Å². The number of hydrogen-bond donors (Lipinski definition) is 1. The van der Waals surface area contributed by atoms with E-state index in [0.29, 0.717) is 5.76 Å². The van der Waals surface area contributed by atoms with E-state index in [2.05, 4.69) is 11.2 Å². The SMILES string of the molecule is C#CC(C)(C)C1C=CC=C(OC(=O)Nc2ccc(Cl)c(F)c2)C=C1. The monoisotopic (exact) mass is 345 g/mol. The van der Waals surface area contributed by atoms with Crippen molar-refractivity contribution in [1.29, 1.82) is 0 Å². The second kappa shape index (κ2) is 7.37. The molecule has 1 atom stereocenters. The van der Waals surface area contributed by atoms with Crippen molar-refractivity contribution in [2.24, 2.45) is 11.3 Å². The number of halogens is 2. The van der Waals surface area contributed by atoms with Gasteiger partial charge in [0.25, 0.3) is 0 Å². The average Bonchev–Trinajstić information content (AvgIpc) is 2.77. The molecule has 124 valence electrons. The number of terminal acetylenes is 1. The summed E-state index contributed by atoms with van der Waals surface area (Å²) in [5.74, 6) is 2.50. The lowest BCUT2D eigenvalue weighted by atomic mass is 9.79. The minimum atomic E-state index is -0.726. The molecule has 0 bridgehead atoms. The fraction of sp³-hybridized carbons (Fsp3) is 0.211. The molecule has 0 spiro atoms. The third-order valence-corrected chi connectivity index (χ3v) is 3.94. The highest BCUT2D eigenvalue weighted by molar-refractivity contribution is 6.30. The van der Waals surface area contributed by atoms with Crippen LogP contribution in [0.25, 0.3) is 0 Å². The van der Waals surface area contributed by atoms with Crippen LogP contribution < -0.4 is 5.32 Å². The summed E-state index contributed by atoms with van der Waals surface area (Å²) >= 11 is 5.59. The maximum absolute atomic E-state index is 13.4. The van der Waals surface area contributed by atoms with E-state index in [9.17, 15) is 9.18 Å². The third kappa shape index (κ3) is 4.50. The normalized spacial score (nSPS) is 16.8. The molecule has 0 saturated carbocycles. The van der Waals surface area contributed by atoms with Gasteiger partial charge in [-0.15, -0.1) is 6.42 Å². The Morgan fingerprint density at radius 2 is 2.17 bits per heavy atom. The number of ether oxygens (including phenoxy) is 1. The number of anilines is 1. The maximum Gasteiger partial charge on any atom is 0.417 e. The van der Waals surface area contributed by atoms with E-state index in [4.69, 9.17) is 22.8 Å². The van der Waals surface area contributed by atoms with E-state index in [0.717, 1.165) is 6.07 Å². The maximum atomic E-state index is 13.4. The van der Waals surface area contributed by atoms with Crippen molar-refractivity contribution in [3.05, 3.63) is 65.2 Å². The fourth-order valence-corrected chi connectivity index (χ4v) is 2.18. The first-order valence-electron chi connectivity index (χ1n) is 7.30. The molecule has 1 aliphatic rings. The van der Waals surface area contributed by atoms with Crippen molar-refractivity contribution in [2.45, 2.75) is 13.8 Å². The van der Waals surface area contributed by atoms with Gasteiger partial charge in [0.05, 0.1) is 5.02 Å². The number of benzene rings is 1. The number of hydrogen-bond acceptors (Lipinski definition) is 2. The summed E-state index contributed by atoms with van der Waals surface area (Å²) in [5.41, 5.74) is -0.0960. The molecule has 5 heteroatoms. The summed E-state index contributed by atoms with van der Waals surface area (Å²) in [5, 5.41) is 2.42. The smallest absolute Gasteiger partial charge is 0.410 e. The molecular formula is C19H17ClFNO2. The molecule has 0 saturated heterocycles. The van der Waals surface area contributed by atoms with E-state index >= 15 is 0 Å². The second-order valence-electron chi connectivity index (χ2n) is 5.85. The van der Waals surface area contributed by atoms with Crippen LogP contribution in [-0.4, -0.2) is 6.09 Å². The van der Waals surface area contributed by atoms with Crippen LogP contribution in [0.15, 0.2) is 54.3 Å². The number of nitrogens with one attached hydrogen (secondary N) is 1. The van der Waals surface area contributed by atoms with Gasteiger partial charge in [0.2, 0.25) is 0 Å².